The predicted molar refractivity (Wildman–Crippen MR) is 78.7 cm³/mol. The van der Waals surface area contributed by atoms with Gasteiger partial charge < -0.3 is 10.1 Å². The number of para-hydroxylation sites is 1. The molecule has 0 fully saturated rings. The summed E-state index contributed by atoms with van der Waals surface area (Å²) in [4.78, 5) is 0. The Balaban J connectivity index is 2.08. The Bertz CT molecular complexity index is 525. The van der Waals surface area contributed by atoms with Gasteiger partial charge in [0.1, 0.15) is 10.8 Å². The average Bonchev–Trinajstić information content (AvgIpc) is 2.87. The van der Waals surface area contributed by atoms with Gasteiger partial charge in [0.15, 0.2) is 5.01 Å². The van der Waals surface area contributed by atoms with E-state index in [1.165, 1.54) is 0 Å². The molecule has 19 heavy (non-hydrogen) atoms. The lowest BCUT2D eigenvalue weighted by Crippen LogP contribution is -2.24. The number of benzene rings is 1. The number of hydrogen-bond donors (Lipinski definition) is 1. The van der Waals surface area contributed by atoms with Crippen LogP contribution in [0, 0.1) is 0 Å². The second-order valence-corrected chi connectivity index (χ2v) is 5.62. The predicted octanol–water partition coefficient (Wildman–Crippen LogP) is 2.75. The van der Waals surface area contributed by atoms with Gasteiger partial charge in [-0.2, -0.15) is 0 Å². The summed E-state index contributed by atoms with van der Waals surface area (Å²) in [5.41, 5.74) is 1.01. The molecule has 0 atom stereocenters. The first-order chi connectivity index (χ1) is 9.20. The van der Waals surface area contributed by atoms with Crippen molar-refractivity contribution in [3.63, 3.8) is 0 Å². The van der Waals surface area contributed by atoms with Crippen molar-refractivity contribution in [1.82, 2.24) is 15.5 Å². The van der Waals surface area contributed by atoms with E-state index < -0.39 is 0 Å². The monoisotopic (exact) mass is 277 g/mol. The van der Waals surface area contributed by atoms with Crippen LogP contribution in [0.1, 0.15) is 18.9 Å². The number of hydrogen-bond acceptors (Lipinski definition) is 5. The highest BCUT2D eigenvalue weighted by atomic mass is 32.1. The second-order valence-electron chi connectivity index (χ2n) is 4.56. The molecule has 0 unspecified atom stereocenters. The van der Waals surface area contributed by atoms with E-state index in [2.05, 4.69) is 29.4 Å². The third-order valence-corrected chi connectivity index (χ3v) is 3.71. The second kappa shape index (κ2) is 6.63. The zero-order chi connectivity index (χ0) is 13.7. The molecule has 1 aromatic heterocycles. The minimum absolute atomic E-state index is 0.501. The highest BCUT2D eigenvalue weighted by Crippen LogP contribution is 2.31. The summed E-state index contributed by atoms with van der Waals surface area (Å²) >= 11 is 1.62. The van der Waals surface area contributed by atoms with Crippen LogP contribution in [0.4, 0.5) is 0 Å². The average molecular weight is 277 g/mol. The van der Waals surface area contributed by atoms with Crippen molar-refractivity contribution in [3.8, 4) is 16.3 Å². The number of nitrogens with one attached hydrogen (secondary N) is 1. The molecular weight excluding hydrogens is 258 g/mol. The van der Waals surface area contributed by atoms with Gasteiger partial charge in [-0.1, -0.05) is 37.3 Å². The third kappa shape index (κ3) is 3.75. The lowest BCUT2D eigenvalue weighted by Gasteiger charge is -2.05. The molecule has 0 saturated carbocycles. The fourth-order valence-electron chi connectivity index (χ4n) is 1.75. The molecule has 1 N–H and O–H groups in total. The van der Waals surface area contributed by atoms with E-state index in [1.807, 2.05) is 24.3 Å². The van der Waals surface area contributed by atoms with Crippen molar-refractivity contribution in [2.45, 2.75) is 26.3 Å². The Hall–Kier alpha value is -1.46. The van der Waals surface area contributed by atoms with E-state index in [0.717, 1.165) is 34.3 Å². The van der Waals surface area contributed by atoms with Gasteiger partial charge in [-0.05, 0) is 12.1 Å². The number of rotatable bonds is 6. The highest BCUT2D eigenvalue weighted by Gasteiger charge is 2.10. The Kier molecular flexibility index (Phi) is 4.87. The van der Waals surface area contributed by atoms with Crippen molar-refractivity contribution in [2.24, 2.45) is 0 Å². The Morgan fingerprint density at radius 3 is 2.79 bits per heavy atom. The van der Waals surface area contributed by atoms with Crippen molar-refractivity contribution >= 4 is 11.3 Å². The molecule has 0 saturated heterocycles. The van der Waals surface area contributed by atoms with Crippen LogP contribution in [-0.4, -0.2) is 29.9 Å². The maximum Gasteiger partial charge on any atom is 0.151 e. The molecule has 2 aromatic rings. The van der Waals surface area contributed by atoms with Crippen molar-refractivity contribution in [3.05, 3.63) is 29.3 Å². The van der Waals surface area contributed by atoms with Crippen molar-refractivity contribution in [1.29, 1.82) is 0 Å². The SMILES string of the molecule is COc1ccccc1-c1nnc(CCNC(C)C)s1. The van der Waals surface area contributed by atoms with E-state index in [4.69, 9.17) is 4.74 Å². The first-order valence-corrected chi connectivity index (χ1v) is 7.21. The number of aromatic nitrogens is 2. The van der Waals surface area contributed by atoms with E-state index in [-0.39, 0.29) is 0 Å². The van der Waals surface area contributed by atoms with Gasteiger partial charge in [0, 0.05) is 19.0 Å². The van der Waals surface area contributed by atoms with Crippen LogP contribution in [0.2, 0.25) is 0 Å². The third-order valence-electron chi connectivity index (χ3n) is 2.70. The molecule has 0 bridgehead atoms. The smallest absolute Gasteiger partial charge is 0.151 e. The molecule has 4 nitrogen and oxygen atoms in total. The van der Waals surface area contributed by atoms with Crippen LogP contribution in [-0.2, 0) is 6.42 Å². The zero-order valence-electron chi connectivity index (χ0n) is 11.5. The Morgan fingerprint density at radius 1 is 1.26 bits per heavy atom. The fraction of sp³-hybridized carbons (Fsp3) is 0.429. The fourth-order valence-corrected chi connectivity index (χ4v) is 2.62. The van der Waals surface area contributed by atoms with Gasteiger partial charge >= 0.3 is 0 Å². The van der Waals surface area contributed by atoms with Gasteiger partial charge in [0.2, 0.25) is 0 Å². The largest absolute Gasteiger partial charge is 0.496 e. The quantitative estimate of drug-likeness (QED) is 0.882. The molecule has 2 rings (SSSR count). The van der Waals surface area contributed by atoms with Crippen LogP contribution in [0.3, 0.4) is 0 Å². The van der Waals surface area contributed by atoms with E-state index in [0.29, 0.717) is 6.04 Å². The van der Waals surface area contributed by atoms with Crippen LogP contribution in [0.25, 0.3) is 10.6 Å². The molecule has 0 aliphatic rings. The molecule has 1 heterocycles. The minimum Gasteiger partial charge on any atom is -0.496 e. The van der Waals surface area contributed by atoms with Crippen molar-refractivity contribution < 1.29 is 4.74 Å². The van der Waals surface area contributed by atoms with Crippen LogP contribution < -0.4 is 10.1 Å². The maximum atomic E-state index is 5.35. The van der Waals surface area contributed by atoms with Crippen LogP contribution >= 0.6 is 11.3 Å². The Morgan fingerprint density at radius 2 is 2.05 bits per heavy atom. The molecule has 5 heteroatoms. The van der Waals surface area contributed by atoms with Gasteiger partial charge in [0.25, 0.3) is 0 Å². The molecule has 102 valence electrons. The standard InChI is InChI=1S/C14H19N3OS/c1-10(2)15-9-8-13-16-17-14(19-13)11-6-4-5-7-12(11)18-3/h4-7,10,15H,8-9H2,1-3H3. The molecular formula is C14H19N3OS. The molecule has 0 radical (unpaired) electrons. The molecule has 0 amide bonds. The van der Waals surface area contributed by atoms with E-state index in [9.17, 15) is 0 Å². The van der Waals surface area contributed by atoms with Gasteiger partial charge in [-0.15, -0.1) is 10.2 Å². The van der Waals surface area contributed by atoms with Crippen molar-refractivity contribution in [2.75, 3.05) is 13.7 Å². The molecule has 0 spiro atoms. The summed E-state index contributed by atoms with van der Waals surface area (Å²) in [6, 6.07) is 8.39. The first kappa shape index (κ1) is 14.0. The lowest BCUT2D eigenvalue weighted by atomic mass is 10.2. The normalized spacial score (nSPS) is 10.9. The van der Waals surface area contributed by atoms with Gasteiger partial charge in [0.05, 0.1) is 12.7 Å². The van der Waals surface area contributed by atoms with Crippen LogP contribution in [0.15, 0.2) is 24.3 Å². The number of ether oxygens (including phenoxy) is 1. The summed E-state index contributed by atoms with van der Waals surface area (Å²) in [5, 5.41) is 13.8. The maximum absolute atomic E-state index is 5.35. The molecule has 0 aliphatic heterocycles. The molecule has 1 aromatic carbocycles. The zero-order valence-corrected chi connectivity index (χ0v) is 12.3. The summed E-state index contributed by atoms with van der Waals surface area (Å²) in [6.07, 6.45) is 0.908. The lowest BCUT2D eigenvalue weighted by molar-refractivity contribution is 0.416. The highest BCUT2D eigenvalue weighted by molar-refractivity contribution is 7.14. The van der Waals surface area contributed by atoms with Gasteiger partial charge in [-0.3, -0.25) is 0 Å². The van der Waals surface area contributed by atoms with E-state index >= 15 is 0 Å². The van der Waals surface area contributed by atoms with E-state index in [1.54, 1.807) is 18.4 Å². The summed E-state index contributed by atoms with van der Waals surface area (Å²) < 4.78 is 5.35. The minimum atomic E-state index is 0.501. The molecule has 0 aliphatic carbocycles. The number of methoxy groups -OCH3 is 1. The summed E-state index contributed by atoms with van der Waals surface area (Å²) in [7, 11) is 1.67. The summed E-state index contributed by atoms with van der Waals surface area (Å²) in [6.45, 7) is 5.21. The van der Waals surface area contributed by atoms with Gasteiger partial charge in [-0.25, -0.2) is 0 Å². The first-order valence-electron chi connectivity index (χ1n) is 6.40. The number of nitrogens with zero attached hydrogens (tertiary/aromatic N) is 2. The van der Waals surface area contributed by atoms with Crippen LogP contribution in [0.5, 0.6) is 5.75 Å². The Labute approximate surface area is 117 Å². The summed E-state index contributed by atoms with van der Waals surface area (Å²) in [5.74, 6) is 0.838. The topological polar surface area (TPSA) is 47.0 Å².